The predicted molar refractivity (Wildman–Crippen MR) is 83.4 cm³/mol. The number of carbonyl (C=O) groups excluding carboxylic acids is 1. The number of rotatable bonds is 3. The van der Waals surface area contributed by atoms with Crippen molar-refractivity contribution < 1.29 is 13.6 Å². The second kappa shape index (κ2) is 6.60. The monoisotopic (exact) mass is 318 g/mol. The zero-order chi connectivity index (χ0) is 16.2. The molecule has 1 aliphatic heterocycles. The molecule has 1 aromatic carbocycles. The number of aromatic nitrogens is 1. The first-order chi connectivity index (χ1) is 11.1. The molecular weight excluding hydrogens is 302 g/mol. The van der Waals surface area contributed by atoms with E-state index in [-0.39, 0.29) is 17.8 Å². The van der Waals surface area contributed by atoms with E-state index in [4.69, 9.17) is 0 Å². The third-order valence-corrected chi connectivity index (χ3v) is 3.70. The van der Waals surface area contributed by atoms with Crippen LogP contribution in [0.4, 0.5) is 25.0 Å². The number of benzene rings is 1. The number of hydrogen-bond donors (Lipinski definition) is 2. The molecule has 0 bridgehead atoms. The van der Waals surface area contributed by atoms with Crippen LogP contribution in [-0.4, -0.2) is 30.1 Å². The summed E-state index contributed by atoms with van der Waals surface area (Å²) in [7, 11) is 0. The molecule has 1 atom stereocenters. The van der Waals surface area contributed by atoms with Gasteiger partial charge in [0.25, 0.3) is 0 Å². The Balaban J connectivity index is 1.59. The fraction of sp³-hybridized carbons (Fsp3) is 0.250. The topological polar surface area (TPSA) is 57.3 Å². The second-order valence-corrected chi connectivity index (χ2v) is 5.34. The fourth-order valence-corrected chi connectivity index (χ4v) is 2.66. The van der Waals surface area contributed by atoms with Gasteiger partial charge < -0.3 is 15.5 Å². The van der Waals surface area contributed by atoms with Gasteiger partial charge in [-0.2, -0.15) is 0 Å². The van der Waals surface area contributed by atoms with Crippen molar-refractivity contribution in [2.75, 3.05) is 23.3 Å². The predicted octanol–water partition coefficient (Wildman–Crippen LogP) is 2.76. The zero-order valence-corrected chi connectivity index (χ0v) is 12.3. The lowest BCUT2D eigenvalue weighted by Crippen LogP contribution is -2.39. The number of para-hydroxylation sites is 1. The molecule has 0 aliphatic carbocycles. The van der Waals surface area contributed by atoms with Gasteiger partial charge >= 0.3 is 6.03 Å². The van der Waals surface area contributed by atoms with E-state index in [1.807, 2.05) is 0 Å². The molecule has 120 valence electrons. The number of carbonyl (C=O) groups is 1. The number of nitrogens with zero attached hydrogens (tertiary/aromatic N) is 2. The number of amides is 2. The number of anilines is 2. The van der Waals surface area contributed by atoms with Crippen molar-refractivity contribution in [1.82, 2.24) is 10.3 Å². The van der Waals surface area contributed by atoms with Gasteiger partial charge in [-0.1, -0.05) is 6.07 Å². The van der Waals surface area contributed by atoms with Crippen molar-refractivity contribution in [1.29, 1.82) is 0 Å². The zero-order valence-electron chi connectivity index (χ0n) is 12.3. The normalized spacial score (nSPS) is 17.1. The van der Waals surface area contributed by atoms with Gasteiger partial charge in [-0.25, -0.2) is 13.6 Å². The Hall–Kier alpha value is -2.70. The molecule has 2 aromatic rings. The summed E-state index contributed by atoms with van der Waals surface area (Å²) in [5, 5.41) is 5.47. The molecule has 1 aromatic heterocycles. The van der Waals surface area contributed by atoms with Crippen LogP contribution >= 0.6 is 0 Å². The molecule has 5 nitrogen and oxygen atoms in total. The molecule has 1 aliphatic rings. The van der Waals surface area contributed by atoms with Gasteiger partial charge in [-0.15, -0.1) is 0 Å². The summed E-state index contributed by atoms with van der Waals surface area (Å²) in [6.45, 7) is 0.841. The Labute approximate surface area is 132 Å². The maximum Gasteiger partial charge on any atom is 0.319 e. The minimum absolute atomic E-state index is 0.0375. The van der Waals surface area contributed by atoms with Gasteiger partial charge in [0.05, 0.1) is 11.9 Å². The second-order valence-electron chi connectivity index (χ2n) is 5.34. The van der Waals surface area contributed by atoms with Gasteiger partial charge in [-0.3, -0.25) is 4.98 Å². The average molecular weight is 318 g/mol. The molecule has 0 saturated carbocycles. The molecule has 1 fully saturated rings. The summed E-state index contributed by atoms with van der Waals surface area (Å²) >= 11 is 0. The molecule has 2 amide bonds. The summed E-state index contributed by atoms with van der Waals surface area (Å²) in [6, 6.07) is 6.70. The molecule has 0 radical (unpaired) electrons. The van der Waals surface area contributed by atoms with Gasteiger partial charge in [0.1, 0.15) is 17.3 Å². The Morgan fingerprint density at radius 1 is 1.22 bits per heavy atom. The van der Waals surface area contributed by atoms with E-state index in [2.05, 4.69) is 15.6 Å². The van der Waals surface area contributed by atoms with Crippen LogP contribution in [0.1, 0.15) is 6.42 Å². The van der Waals surface area contributed by atoms with E-state index >= 15 is 0 Å². The summed E-state index contributed by atoms with van der Waals surface area (Å²) < 4.78 is 27.6. The van der Waals surface area contributed by atoms with E-state index in [1.54, 1.807) is 23.2 Å². The van der Waals surface area contributed by atoms with Crippen LogP contribution in [0.25, 0.3) is 0 Å². The molecule has 7 heteroatoms. The van der Waals surface area contributed by atoms with Gasteiger partial charge in [0.2, 0.25) is 0 Å². The van der Waals surface area contributed by atoms with Crippen LogP contribution in [-0.2, 0) is 0 Å². The van der Waals surface area contributed by atoms with Crippen LogP contribution in [0.15, 0.2) is 42.7 Å². The van der Waals surface area contributed by atoms with E-state index in [9.17, 15) is 13.6 Å². The fourth-order valence-electron chi connectivity index (χ4n) is 2.66. The number of urea groups is 1. The first-order valence-corrected chi connectivity index (χ1v) is 7.30. The summed E-state index contributed by atoms with van der Waals surface area (Å²) in [5.74, 6) is -1.18. The van der Waals surface area contributed by atoms with E-state index < -0.39 is 11.6 Å². The highest BCUT2D eigenvalue weighted by Crippen LogP contribution is 2.26. The van der Waals surface area contributed by atoms with Crippen molar-refractivity contribution in [3.8, 4) is 0 Å². The lowest BCUT2D eigenvalue weighted by molar-refractivity contribution is 0.249. The maximum atomic E-state index is 13.8. The van der Waals surface area contributed by atoms with E-state index in [0.717, 1.165) is 0 Å². The first-order valence-electron chi connectivity index (χ1n) is 7.30. The Bertz CT molecular complexity index is 675. The Morgan fingerprint density at radius 3 is 2.70 bits per heavy atom. The summed E-state index contributed by atoms with van der Waals surface area (Å²) in [5.41, 5.74) is 0.546. The van der Waals surface area contributed by atoms with Crippen molar-refractivity contribution in [2.45, 2.75) is 12.5 Å². The smallest absolute Gasteiger partial charge is 0.319 e. The molecule has 0 spiro atoms. The van der Waals surface area contributed by atoms with Gasteiger partial charge in [-0.05, 0) is 30.7 Å². The molecule has 2 N–H and O–H groups in total. The molecule has 1 saturated heterocycles. The third-order valence-electron chi connectivity index (χ3n) is 3.70. The third kappa shape index (κ3) is 3.56. The van der Waals surface area contributed by atoms with Crippen LogP contribution < -0.4 is 15.5 Å². The maximum absolute atomic E-state index is 13.8. The molecular formula is C16H16F2N4O. The lowest BCUT2D eigenvalue weighted by atomic mass is 10.2. The van der Waals surface area contributed by atoms with Gasteiger partial charge in [0, 0.05) is 25.3 Å². The van der Waals surface area contributed by atoms with Crippen molar-refractivity contribution in [2.24, 2.45) is 0 Å². The number of halogens is 2. The molecule has 2 heterocycles. The van der Waals surface area contributed by atoms with Crippen LogP contribution in [0.2, 0.25) is 0 Å². The SMILES string of the molecule is O=C(Nc1cccnc1)N[C@@H]1CCN(c2c(F)cccc2F)C1. The minimum Gasteiger partial charge on any atom is -0.365 e. The minimum atomic E-state index is -0.592. The standard InChI is InChI=1S/C16H16F2N4O/c17-13-4-1-5-14(18)15(13)22-8-6-12(10-22)21-16(23)20-11-3-2-7-19-9-11/h1-5,7,9,12H,6,8,10H2,(H2,20,21,23)/t12-/m1/s1. The average Bonchev–Trinajstić information content (AvgIpc) is 2.96. The Morgan fingerprint density at radius 2 is 2.00 bits per heavy atom. The molecule has 23 heavy (non-hydrogen) atoms. The highest BCUT2D eigenvalue weighted by molar-refractivity contribution is 5.89. The lowest BCUT2D eigenvalue weighted by Gasteiger charge is -2.20. The number of nitrogens with one attached hydrogen (secondary N) is 2. The highest BCUT2D eigenvalue weighted by Gasteiger charge is 2.27. The van der Waals surface area contributed by atoms with Crippen molar-refractivity contribution in [3.63, 3.8) is 0 Å². The first kappa shape index (κ1) is 15.2. The summed E-state index contributed by atoms with van der Waals surface area (Å²) in [4.78, 5) is 17.4. The van der Waals surface area contributed by atoms with E-state index in [1.165, 1.54) is 24.4 Å². The van der Waals surface area contributed by atoms with Gasteiger partial charge in [0.15, 0.2) is 0 Å². The Kier molecular flexibility index (Phi) is 4.36. The quantitative estimate of drug-likeness (QED) is 0.915. The van der Waals surface area contributed by atoms with Crippen LogP contribution in [0, 0.1) is 11.6 Å². The molecule has 3 rings (SSSR count). The number of hydrogen-bond acceptors (Lipinski definition) is 3. The highest BCUT2D eigenvalue weighted by atomic mass is 19.1. The van der Waals surface area contributed by atoms with Crippen molar-refractivity contribution >= 4 is 17.4 Å². The largest absolute Gasteiger partial charge is 0.365 e. The van der Waals surface area contributed by atoms with Crippen LogP contribution in [0.3, 0.4) is 0 Å². The molecule has 0 unspecified atom stereocenters. The van der Waals surface area contributed by atoms with Crippen LogP contribution in [0.5, 0.6) is 0 Å². The number of pyridine rings is 1. The summed E-state index contributed by atoms with van der Waals surface area (Å²) in [6.07, 6.45) is 3.77. The van der Waals surface area contributed by atoms with E-state index in [0.29, 0.717) is 25.2 Å². The van der Waals surface area contributed by atoms with Crippen molar-refractivity contribution in [3.05, 3.63) is 54.4 Å².